The Labute approximate surface area is 626 Å². The topological polar surface area (TPSA) is 237 Å². The lowest BCUT2D eigenvalue weighted by Gasteiger charge is -2.21. The lowest BCUT2D eigenvalue weighted by atomic mass is 9.99. The zero-order valence-electron chi connectivity index (χ0n) is 67.1. The summed E-state index contributed by atoms with van der Waals surface area (Å²) >= 11 is 0. The van der Waals surface area contributed by atoms with E-state index < -0.39 is 97.5 Å². The molecule has 17 nitrogen and oxygen atoms in total. The van der Waals surface area contributed by atoms with E-state index >= 15 is 0 Å². The van der Waals surface area contributed by atoms with Crippen LogP contribution in [0.2, 0.25) is 0 Å². The smallest absolute Gasteiger partial charge is 0.462 e. The van der Waals surface area contributed by atoms with Crippen LogP contribution in [-0.2, 0) is 65.4 Å². The van der Waals surface area contributed by atoms with Gasteiger partial charge in [0.15, 0.2) is 12.2 Å². The summed E-state index contributed by atoms with van der Waals surface area (Å²) in [5.41, 5.74) is 0. The van der Waals surface area contributed by atoms with Gasteiger partial charge in [-0.2, -0.15) is 0 Å². The SMILES string of the molecule is CCCCCCCCCCC(=O)OC[C@H](COP(=O)(O)OC[C@H](O)COP(=O)(O)OC[C@@H](COC(=O)CCCCCCCCCCCCCCCCCC(C)C)OC(=O)CCCCCCCCCCCCCCCCCCCCC(C)CC)OC(=O)CCCCCCCCCCCCCC(C)C. The molecule has 0 spiro atoms. The van der Waals surface area contributed by atoms with E-state index in [0.29, 0.717) is 25.7 Å². The van der Waals surface area contributed by atoms with Crippen LogP contribution in [0.1, 0.15) is 434 Å². The van der Waals surface area contributed by atoms with E-state index in [4.69, 9.17) is 37.0 Å². The van der Waals surface area contributed by atoms with Gasteiger partial charge in [0.1, 0.15) is 19.3 Å². The number of unbranched alkanes of at least 4 members (excludes halogenated alkanes) is 48. The van der Waals surface area contributed by atoms with Gasteiger partial charge < -0.3 is 33.8 Å². The predicted molar refractivity (Wildman–Crippen MR) is 418 cm³/mol. The van der Waals surface area contributed by atoms with Gasteiger partial charge in [0, 0.05) is 25.7 Å². The largest absolute Gasteiger partial charge is 0.472 e. The van der Waals surface area contributed by atoms with E-state index in [1.807, 2.05) is 0 Å². The first-order chi connectivity index (χ1) is 49.3. The van der Waals surface area contributed by atoms with Crippen molar-refractivity contribution in [1.29, 1.82) is 0 Å². The molecule has 0 aromatic rings. The molecule has 0 saturated carbocycles. The first-order valence-corrected chi connectivity index (χ1v) is 45.9. The number of hydrogen-bond donors (Lipinski definition) is 3. The maximum Gasteiger partial charge on any atom is 0.472 e. The highest BCUT2D eigenvalue weighted by molar-refractivity contribution is 7.47. The molecular weight excluding hydrogens is 1330 g/mol. The Kier molecular flexibility index (Phi) is 71.8. The predicted octanol–water partition coefficient (Wildman–Crippen LogP) is 24.9. The molecule has 6 atom stereocenters. The van der Waals surface area contributed by atoms with Crippen molar-refractivity contribution >= 4 is 39.5 Å². The molecule has 0 aromatic heterocycles. The molecule has 0 rings (SSSR count). The molecule has 0 aromatic carbocycles. The molecule has 19 heteroatoms. The number of ether oxygens (including phenoxy) is 4. The number of phosphoric acid groups is 2. The number of aliphatic hydroxyl groups excluding tert-OH is 1. The molecule has 606 valence electrons. The normalized spacial score (nSPS) is 14.2. The van der Waals surface area contributed by atoms with Crippen LogP contribution in [0.4, 0.5) is 0 Å². The minimum atomic E-state index is -4.96. The standard InChI is InChI=1S/C83H162O17P2/c1-8-10-11-12-13-43-50-57-64-80(85)93-70-78(99-83(88)67-60-53-46-39-33-27-29-35-41-48-55-62-75(5)6)72-97-101(89,90)95-68-77(84)69-96-102(91,92)98-73-79(71-94-81(86)65-58-51-44-37-31-25-22-18-19-23-28-34-40-47-54-61-74(3)4)100-82(87)66-59-52-45-38-32-26-21-17-15-14-16-20-24-30-36-42-49-56-63-76(7)9-2/h74-79,84H,8-73H2,1-7H3,(H,89,90)(H,91,92)/t76?,77-,78+,79+/m0/s1. The minimum Gasteiger partial charge on any atom is -0.462 e. The summed E-state index contributed by atoms with van der Waals surface area (Å²) in [7, 11) is -9.92. The van der Waals surface area contributed by atoms with Gasteiger partial charge in [0.2, 0.25) is 0 Å². The molecule has 0 saturated heterocycles. The fraction of sp³-hybridized carbons (Fsp3) is 0.952. The van der Waals surface area contributed by atoms with Crippen LogP contribution in [0.3, 0.4) is 0 Å². The number of carbonyl (C=O) groups is 4. The van der Waals surface area contributed by atoms with E-state index in [1.165, 1.54) is 238 Å². The van der Waals surface area contributed by atoms with Gasteiger partial charge in [-0.1, -0.05) is 382 Å². The van der Waals surface area contributed by atoms with Crippen molar-refractivity contribution in [3.05, 3.63) is 0 Å². The van der Waals surface area contributed by atoms with Crippen molar-refractivity contribution in [3.8, 4) is 0 Å². The fourth-order valence-corrected chi connectivity index (χ4v) is 14.4. The molecule has 0 bridgehead atoms. The van der Waals surface area contributed by atoms with Gasteiger partial charge in [-0.25, -0.2) is 9.13 Å². The van der Waals surface area contributed by atoms with Crippen LogP contribution in [-0.4, -0.2) is 96.7 Å². The van der Waals surface area contributed by atoms with Crippen LogP contribution in [0.5, 0.6) is 0 Å². The summed E-state index contributed by atoms with van der Waals surface area (Å²) in [6.07, 6.45) is 62.5. The van der Waals surface area contributed by atoms with E-state index in [2.05, 4.69) is 48.5 Å². The second-order valence-corrected chi connectivity index (χ2v) is 34.0. The molecule has 3 unspecified atom stereocenters. The third kappa shape index (κ3) is 74.9. The van der Waals surface area contributed by atoms with Crippen molar-refractivity contribution in [2.45, 2.75) is 452 Å². The van der Waals surface area contributed by atoms with Gasteiger partial charge in [-0.3, -0.25) is 37.3 Å². The average Bonchev–Trinajstić information content (AvgIpc) is 0.952. The van der Waals surface area contributed by atoms with E-state index in [0.717, 1.165) is 114 Å². The van der Waals surface area contributed by atoms with Gasteiger partial charge in [0.25, 0.3) is 0 Å². The number of phosphoric ester groups is 2. The van der Waals surface area contributed by atoms with Gasteiger partial charge in [0.05, 0.1) is 26.4 Å². The molecule has 3 N–H and O–H groups in total. The number of rotatable bonds is 81. The third-order valence-corrected chi connectivity index (χ3v) is 21.6. The number of carbonyl (C=O) groups excluding carboxylic acids is 4. The molecule has 0 fully saturated rings. The van der Waals surface area contributed by atoms with Crippen LogP contribution in [0.25, 0.3) is 0 Å². The van der Waals surface area contributed by atoms with Crippen LogP contribution in [0, 0.1) is 17.8 Å². The molecule has 0 heterocycles. The average molecular weight is 1490 g/mol. The van der Waals surface area contributed by atoms with Crippen LogP contribution >= 0.6 is 15.6 Å². The Bertz CT molecular complexity index is 1980. The number of esters is 4. The first-order valence-electron chi connectivity index (χ1n) is 42.9. The fourth-order valence-electron chi connectivity index (χ4n) is 12.8. The van der Waals surface area contributed by atoms with Gasteiger partial charge >= 0.3 is 39.5 Å². The summed E-state index contributed by atoms with van der Waals surface area (Å²) in [5.74, 6) is 0.332. The van der Waals surface area contributed by atoms with Gasteiger partial charge in [-0.15, -0.1) is 0 Å². The Morgan fingerprint density at radius 1 is 0.284 bits per heavy atom. The zero-order chi connectivity index (χ0) is 75.1. The second kappa shape index (κ2) is 73.2. The highest BCUT2D eigenvalue weighted by Gasteiger charge is 2.30. The van der Waals surface area contributed by atoms with E-state index in [1.54, 1.807) is 0 Å². The highest BCUT2D eigenvalue weighted by Crippen LogP contribution is 2.45. The van der Waals surface area contributed by atoms with E-state index in [9.17, 15) is 43.2 Å². The van der Waals surface area contributed by atoms with Crippen molar-refractivity contribution in [2.24, 2.45) is 17.8 Å². The highest BCUT2D eigenvalue weighted by atomic mass is 31.2. The Hall–Kier alpha value is -1.94. The van der Waals surface area contributed by atoms with Crippen molar-refractivity contribution in [3.63, 3.8) is 0 Å². The molecule has 0 aliphatic heterocycles. The van der Waals surface area contributed by atoms with E-state index in [-0.39, 0.29) is 25.7 Å². The summed E-state index contributed by atoms with van der Waals surface area (Å²) in [6.45, 7) is 12.0. The molecular formula is C83H162O17P2. The summed E-state index contributed by atoms with van der Waals surface area (Å²) in [4.78, 5) is 73.0. The van der Waals surface area contributed by atoms with Crippen molar-refractivity contribution in [2.75, 3.05) is 39.6 Å². The Balaban J connectivity index is 5.19. The molecule has 0 amide bonds. The second-order valence-electron chi connectivity index (χ2n) is 31.1. The van der Waals surface area contributed by atoms with Crippen molar-refractivity contribution < 1.29 is 80.2 Å². The van der Waals surface area contributed by atoms with Crippen LogP contribution in [0.15, 0.2) is 0 Å². The molecule has 0 aliphatic carbocycles. The summed E-state index contributed by atoms with van der Waals surface area (Å²) in [6, 6.07) is 0. The quantitative estimate of drug-likeness (QED) is 0.0222. The zero-order valence-corrected chi connectivity index (χ0v) is 68.9. The minimum absolute atomic E-state index is 0.106. The maximum absolute atomic E-state index is 13.1. The Morgan fingerprint density at radius 3 is 0.745 bits per heavy atom. The Morgan fingerprint density at radius 2 is 0.500 bits per heavy atom. The monoisotopic (exact) mass is 1490 g/mol. The number of aliphatic hydroxyl groups is 1. The van der Waals surface area contributed by atoms with Crippen molar-refractivity contribution in [1.82, 2.24) is 0 Å². The van der Waals surface area contributed by atoms with Gasteiger partial charge in [-0.05, 0) is 43.4 Å². The lowest BCUT2D eigenvalue weighted by molar-refractivity contribution is -0.161. The molecule has 102 heavy (non-hydrogen) atoms. The molecule has 0 radical (unpaired) electrons. The third-order valence-electron chi connectivity index (χ3n) is 19.7. The van der Waals surface area contributed by atoms with Crippen LogP contribution < -0.4 is 0 Å². The lowest BCUT2D eigenvalue weighted by Crippen LogP contribution is -2.30. The number of hydrogen-bond acceptors (Lipinski definition) is 15. The molecule has 0 aliphatic rings. The summed E-state index contributed by atoms with van der Waals surface area (Å²) < 4.78 is 68.7. The first kappa shape index (κ1) is 100. The maximum atomic E-state index is 13.1. The summed E-state index contributed by atoms with van der Waals surface area (Å²) in [5, 5.41) is 10.6.